The molecule has 1 atom stereocenters. The number of ketones is 1. The molecule has 25 heavy (non-hydrogen) atoms. The number of Topliss-reactive ketones (excluding diaryl/α,β-unsaturated/α-hetero) is 1. The number of aromatic amines is 1. The van der Waals surface area contributed by atoms with Crippen molar-refractivity contribution in [3.63, 3.8) is 0 Å². The number of aryl methyl sites for hydroxylation is 1. The van der Waals surface area contributed by atoms with E-state index in [1.807, 2.05) is 31.2 Å². The third-order valence-electron chi connectivity index (χ3n) is 4.24. The number of hydrogen-bond acceptors (Lipinski definition) is 5. The number of nitrogens with one attached hydrogen (secondary N) is 1. The number of carbonyl (C=O) groups excluding carboxylic acids is 3. The van der Waals surface area contributed by atoms with Crippen molar-refractivity contribution in [3.8, 4) is 0 Å². The van der Waals surface area contributed by atoms with Gasteiger partial charge < -0.3 is 9.72 Å². The number of benzene rings is 1. The maximum Gasteiger partial charge on any atom is 0.355 e. The SMILES string of the molecule is Cc1[nH]c2ccccc2c1C(=O)C(C)OC(=O)C1=NN(C)C(=O)CC1. The average molecular weight is 341 g/mol. The Morgan fingerprint density at radius 1 is 1.28 bits per heavy atom. The van der Waals surface area contributed by atoms with Crippen molar-refractivity contribution in [3.05, 3.63) is 35.5 Å². The summed E-state index contributed by atoms with van der Waals surface area (Å²) in [5.41, 5.74) is 2.26. The van der Waals surface area contributed by atoms with Crippen LogP contribution < -0.4 is 0 Å². The number of hydrazone groups is 1. The average Bonchev–Trinajstić information content (AvgIpc) is 2.92. The molecule has 130 valence electrons. The van der Waals surface area contributed by atoms with Crippen LogP contribution in [-0.4, -0.2) is 46.5 Å². The van der Waals surface area contributed by atoms with Gasteiger partial charge in [-0.2, -0.15) is 5.10 Å². The largest absolute Gasteiger partial charge is 0.450 e. The molecule has 0 spiro atoms. The Morgan fingerprint density at radius 2 is 2.00 bits per heavy atom. The van der Waals surface area contributed by atoms with Crippen molar-refractivity contribution in [2.45, 2.75) is 32.8 Å². The predicted molar refractivity (Wildman–Crippen MR) is 92.4 cm³/mol. The van der Waals surface area contributed by atoms with Gasteiger partial charge in [-0.3, -0.25) is 9.59 Å². The van der Waals surface area contributed by atoms with E-state index in [0.717, 1.165) is 21.6 Å². The minimum absolute atomic E-state index is 0.150. The first-order valence-electron chi connectivity index (χ1n) is 8.05. The van der Waals surface area contributed by atoms with Crippen molar-refractivity contribution in [2.75, 3.05) is 7.05 Å². The molecule has 0 fully saturated rings. The highest BCUT2D eigenvalue weighted by Crippen LogP contribution is 2.24. The monoisotopic (exact) mass is 341 g/mol. The van der Waals surface area contributed by atoms with Crippen LogP contribution in [0, 0.1) is 6.92 Å². The molecule has 1 aliphatic rings. The lowest BCUT2D eigenvalue weighted by molar-refractivity contribution is -0.138. The Labute approximate surface area is 144 Å². The van der Waals surface area contributed by atoms with E-state index in [2.05, 4.69) is 10.1 Å². The van der Waals surface area contributed by atoms with Crippen LogP contribution in [-0.2, 0) is 14.3 Å². The second-order valence-electron chi connectivity index (χ2n) is 6.05. The van der Waals surface area contributed by atoms with E-state index in [4.69, 9.17) is 4.74 Å². The maximum absolute atomic E-state index is 12.8. The van der Waals surface area contributed by atoms with Gasteiger partial charge in [0.1, 0.15) is 5.71 Å². The molecule has 1 aromatic carbocycles. The molecule has 1 aromatic heterocycles. The van der Waals surface area contributed by atoms with Crippen LogP contribution in [0.2, 0.25) is 0 Å². The van der Waals surface area contributed by atoms with Gasteiger partial charge in [-0.25, -0.2) is 9.80 Å². The quantitative estimate of drug-likeness (QED) is 0.681. The standard InChI is InChI=1S/C18H19N3O4/c1-10-16(12-6-4-5-7-13(12)19-10)17(23)11(2)25-18(24)14-8-9-15(22)21(3)20-14/h4-7,11,19H,8-9H2,1-3H3. The van der Waals surface area contributed by atoms with E-state index >= 15 is 0 Å². The minimum Gasteiger partial charge on any atom is -0.450 e. The van der Waals surface area contributed by atoms with Crippen molar-refractivity contribution >= 4 is 34.3 Å². The van der Waals surface area contributed by atoms with Crippen molar-refractivity contribution in [2.24, 2.45) is 5.10 Å². The summed E-state index contributed by atoms with van der Waals surface area (Å²) >= 11 is 0. The first-order chi connectivity index (χ1) is 11.9. The van der Waals surface area contributed by atoms with E-state index < -0.39 is 12.1 Å². The van der Waals surface area contributed by atoms with E-state index in [1.54, 1.807) is 6.92 Å². The first-order valence-corrected chi connectivity index (χ1v) is 8.05. The first kappa shape index (κ1) is 16.9. The molecule has 0 saturated carbocycles. The number of para-hydroxylation sites is 1. The number of amides is 1. The zero-order chi connectivity index (χ0) is 18.1. The summed E-state index contributed by atoms with van der Waals surface area (Å²) in [6.45, 7) is 3.35. The number of aromatic nitrogens is 1. The van der Waals surface area contributed by atoms with Gasteiger partial charge in [-0.15, -0.1) is 0 Å². The van der Waals surface area contributed by atoms with Crippen molar-refractivity contribution in [1.82, 2.24) is 9.99 Å². The minimum atomic E-state index is -0.948. The highest BCUT2D eigenvalue weighted by molar-refractivity contribution is 6.37. The van der Waals surface area contributed by atoms with Crippen LogP contribution >= 0.6 is 0 Å². The van der Waals surface area contributed by atoms with E-state index in [9.17, 15) is 14.4 Å². The highest BCUT2D eigenvalue weighted by atomic mass is 16.5. The molecule has 2 heterocycles. The molecule has 7 heteroatoms. The predicted octanol–water partition coefficient (Wildman–Crippen LogP) is 2.20. The van der Waals surface area contributed by atoms with Crippen LogP contribution in [0.15, 0.2) is 29.4 Å². The van der Waals surface area contributed by atoms with Gasteiger partial charge in [-0.05, 0) is 19.9 Å². The van der Waals surface area contributed by atoms with Gasteiger partial charge in [0.05, 0.1) is 0 Å². The zero-order valence-corrected chi connectivity index (χ0v) is 14.3. The summed E-state index contributed by atoms with van der Waals surface area (Å²) in [5, 5.41) is 5.83. The van der Waals surface area contributed by atoms with Crippen molar-refractivity contribution < 1.29 is 19.1 Å². The number of rotatable bonds is 4. The smallest absolute Gasteiger partial charge is 0.355 e. The number of carbonyl (C=O) groups is 3. The molecular formula is C18H19N3O4. The molecule has 0 bridgehead atoms. The fourth-order valence-electron chi connectivity index (χ4n) is 2.90. The topological polar surface area (TPSA) is 91.8 Å². The third kappa shape index (κ3) is 3.17. The molecule has 1 N–H and O–H groups in total. The summed E-state index contributed by atoms with van der Waals surface area (Å²) in [6.07, 6.45) is -0.528. The molecule has 2 aromatic rings. The van der Waals surface area contributed by atoms with E-state index in [-0.39, 0.29) is 30.2 Å². The van der Waals surface area contributed by atoms with Crippen LogP contribution in [0.25, 0.3) is 10.9 Å². The van der Waals surface area contributed by atoms with E-state index in [1.165, 1.54) is 7.05 Å². The number of H-pyrrole nitrogens is 1. The molecule has 1 amide bonds. The Balaban J connectivity index is 1.79. The summed E-state index contributed by atoms with van der Waals surface area (Å²) in [5.74, 6) is -1.10. The van der Waals surface area contributed by atoms with Gasteiger partial charge in [0.25, 0.3) is 0 Å². The van der Waals surface area contributed by atoms with Gasteiger partial charge in [0.2, 0.25) is 11.7 Å². The summed E-state index contributed by atoms with van der Waals surface area (Å²) in [7, 11) is 1.48. The lowest BCUT2D eigenvalue weighted by Crippen LogP contribution is -2.35. The normalized spacial score (nSPS) is 15.9. The van der Waals surface area contributed by atoms with Gasteiger partial charge in [-0.1, -0.05) is 18.2 Å². The van der Waals surface area contributed by atoms with Crippen LogP contribution in [0.3, 0.4) is 0 Å². The molecule has 0 saturated heterocycles. The molecular weight excluding hydrogens is 322 g/mol. The number of fused-ring (bicyclic) bond motifs is 1. The Morgan fingerprint density at radius 3 is 2.72 bits per heavy atom. The molecule has 1 aliphatic heterocycles. The van der Waals surface area contributed by atoms with E-state index in [0.29, 0.717) is 5.56 Å². The summed E-state index contributed by atoms with van der Waals surface area (Å²) in [4.78, 5) is 39.6. The highest BCUT2D eigenvalue weighted by Gasteiger charge is 2.28. The Bertz CT molecular complexity index is 897. The molecule has 3 rings (SSSR count). The van der Waals surface area contributed by atoms with Crippen LogP contribution in [0.4, 0.5) is 0 Å². The van der Waals surface area contributed by atoms with Gasteiger partial charge in [0.15, 0.2) is 6.10 Å². The molecule has 7 nitrogen and oxygen atoms in total. The molecule has 1 unspecified atom stereocenters. The fraction of sp³-hybridized carbons (Fsp3) is 0.333. The van der Waals surface area contributed by atoms with Crippen molar-refractivity contribution in [1.29, 1.82) is 0 Å². The third-order valence-corrected chi connectivity index (χ3v) is 4.24. The Kier molecular flexibility index (Phi) is 4.39. The van der Waals surface area contributed by atoms with Gasteiger partial charge >= 0.3 is 5.97 Å². The summed E-state index contributed by atoms with van der Waals surface area (Å²) in [6, 6.07) is 7.48. The van der Waals surface area contributed by atoms with Crippen LogP contribution in [0.1, 0.15) is 35.8 Å². The maximum atomic E-state index is 12.8. The second kappa shape index (κ2) is 6.51. The number of ether oxygens (including phenoxy) is 1. The molecule has 0 aliphatic carbocycles. The van der Waals surface area contributed by atoms with Crippen LogP contribution in [0.5, 0.6) is 0 Å². The lowest BCUT2D eigenvalue weighted by atomic mass is 10.0. The fourth-order valence-corrected chi connectivity index (χ4v) is 2.90. The lowest BCUT2D eigenvalue weighted by Gasteiger charge is -2.19. The number of hydrogen-bond donors (Lipinski definition) is 1. The van der Waals surface area contributed by atoms with Gasteiger partial charge in [0, 0.05) is 42.0 Å². The molecule has 0 radical (unpaired) electrons. The second-order valence-corrected chi connectivity index (χ2v) is 6.05. The number of nitrogens with zero attached hydrogens (tertiary/aromatic N) is 2. The number of esters is 1. The zero-order valence-electron chi connectivity index (χ0n) is 14.3. The Hall–Kier alpha value is -2.96. The summed E-state index contributed by atoms with van der Waals surface area (Å²) < 4.78 is 5.29.